The molecule has 0 saturated carbocycles. The van der Waals surface area contributed by atoms with Gasteiger partial charge in [0.25, 0.3) is 0 Å². The van der Waals surface area contributed by atoms with E-state index in [2.05, 4.69) is 27.8 Å². The molecular formula is C16H23N5O. The summed E-state index contributed by atoms with van der Waals surface area (Å²) in [4.78, 5) is 18.7. The Morgan fingerprint density at radius 3 is 2.86 bits per heavy atom. The number of rotatable bonds is 3. The average Bonchev–Trinajstić information content (AvgIpc) is 3.15. The van der Waals surface area contributed by atoms with Crippen LogP contribution in [0.4, 0.5) is 0 Å². The van der Waals surface area contributed by atoms with Crippen LogP contribution in [-0.4, -0.2) is 43.2 Å². The molecule has 6 nitrogen and oxygen atoms in total. The van der Waals surface area contributed by atoms with Gasteiger partial charge in [0.1, 0.15) is 6.04 Å². The number of carbonyl (C=O) groups is 1. The molecule has 1 aliphatic heterocycles. The number of aromatic nitrogens is 4. The lowest BCUT2D eigenvalue weighted by Crippen LogP contribution is -2.43. The third-order valence-electron chi connectivity index (χ3n) is 4.43. The predicted octanol–water partition coefficient (Wildman–Crippen LogP) is 2.12. The van der Waals surface area contributed by atoms with Crippen LogP contribution in [0.5, 0.6) is 0 Å². The first kappa shape index (κ1) is 14.8. The molecule has 0 spiro atoms. The summed E-state index contributed by atoms with van der Waals surface area (Å²) >= 11 is 0. The zero-order valence-electron chi connectivity index (χ0n) is 13.4. The molecule has 1 amide bonds. The summed E-state index contributed by atoms with van der Waals surface area (Å²) < 4.78 is 3.94. The molecule has 1 aliphatic rings. The molecule has 118 valence electrons. The number of nitrogens with zero attached hydrogens (tertiary/aromatic N) is 5. The third-order valence-corrected chi connectivity index (χ3v) is 4.43. The maximum atomic E-state index is 12.7. The van der Waals surface area contributed by atoms with E-state index in [1.807, 2.05) is 29.5 Å². The number of hydrogen-bond acceptors (Lipinski definition) is 3. The molecule has 1 fully saturated rings. The van der Waals surface area contributed by atoms with Gasteiger partial charge in [-0.2, -0.15) is 5.10 Å². The van der Waals surface area contributed by atoms with Gasteiger partial charge in [-0.05, 0) is 39.7 Å². The van der Waals surface area contributed by atoms with E-state index in [9.17, 15) is 4.79 Å². The van der Waals surface area contributed by atoms with Gasteiger partial charge in [-0.1, -0.05) is 0 Å². The molecule has 0 aliphatic carbocycles. The molecule has 0 unspecified atom stereocenters. The van der Waals surface area contributed by atoms with E-state index in [0.717, 1.165) is 31.6 Å². The standard InChI is InChI=1S/C16H23N5O/c1-12-9-13(2)21(18-12)15-5-4-7-19(10-15)16(22)14(3)20-8-6-17-11-20/h6,8-9,11,14-15H,4-5,7,10H2,1-3H3/t14-,15-/m0/s1. The Morgan fingerprint density at radius 1 is 1.41 bits per heavy atom. The molecule has 0 radical (unpaired) electrons. The second-order valence-corrected chi connectivity index (χ2v) is 6.14. The molecule has 22 heavy (non-hydrogen) atoms. The first-order chi connectivity index (χ1) is 10.6. The Bertz CT molecular complexity index is 646. The van der Waals surface area contributed by atoms with Crippen LogP contribution in [-0.2, 0) is 4.79 Å². The van der Waals surface area contributed by atoms with Crippen LogP contribution in [0.1, 0.15) is 43.2 Å². The normalized spacial score (nSPS) is 20.1. The fourth-order valence-electron chi connectivity index (χ4n) is 3.26. The Labute approximate surface area is 130 Å². The minimum Gasteiger partial charge on any atom is -0.339 e. The van der Waals surface area contributed by atoms with E-state index < -0.39 is 0 Å². The van der Waals surface area contributed by atoms with E-state index in [1.165, 1.54) is 5.69 Å². The molecule has 2 aromatic rings. The van der Waals surface area contributed by atoms with Gasteiger partial charge in [0.15, 0.2) is 0 Å². The highest BCUT2D eigenvalue weighted by molar-refractivity contribution is 5.80. The van der Waals surface area contributed by atoms with Crippen molar-refractivity contribution in [3.63, 3.8) is 0 Å². The van der Waals surface area contributed by atoms with Crippen LogP contribution in [0.15, 0.2) is 24.8 Å². The molecule has 0 aromatic carbocycles. The number of amides is 1. The lowest BCUT2D eigenvalue weighted by molar-refractivity contribution is -0.136. The highest BCUT2D eigenvalue weighted by atomic mass is 16.2. The second-order valence-electron chi connectivity index (χ2n) is 6.14. The number of imidazole rings is 1. The minimum absolute atomic E-state index is 0.157. The summed E-state index contributed by atoms with van der Waals surface area (Å²) in [7, 11) is 0. The zero-order chi connectivity index (χ0) is 15.7. The Kier molecular flexibility index (Phi) is 4.00. The summed E-state index contributed by atoms with van der Waals surface area (Å²) in [5.74, 6) is 0.157. The molecule has 2 atom stereocenters. The highest BCUT2D eigenvalue weighted by Crippen LogP contribution is 2.24. The quantitative estimate of drug-likeness (QED) is 0.872. The number of aryl methyl sites for hydroxylation is 2. The summed E-state index contributed by atoms with van der Waals surface area (Å²) in [6, 6.07) is 2.16. The van der Waals surface area contributed by atoms with Gasteiger partial charge in [-0.3, -0.25) is 9.48 Å². The van der Waals surface area contributed by atoms with E-state index in [1.54, 1.807) is 12.5 Å². The first-order valence-corrected chi connectivity index (χ1v) is 7.85. The van der Waals surface area contributed by atoms with Crippen LogP contribution in [0.2, 0.25) is 0 Å². The molecule has 0 N–H and O–H groups in total. The van der Waals surface area contributed by atoms with Crippen molar-refractivity contribution in [2.45, 2.75) is 45.7 Å². The van der Waals surface area contributed by atoms with Gasteiger partial charge in [0, 0.05) is 31.2 Å². The van der Waals surface area contributed by atoms with E-state index in [4.69, 9.17) is 0 Å². The molecule has 6 heteroatoms. The lowest BCUT2D eigenvalue weighted by Gasteiger charge is -2.35. The largest absolute Gasteiger partial charge is 0.339 e. The molecular weight excluding hydrogens is 278 g/mol. The maximum absolute atomic E-state index is 12.7. The van der Waals surface area contributed by atoms with Gasteiger partial charge in [-0.15, -0.1) is 0 Å². The van der Waals surface area contributed by atoms with Crippen LogP contribution < -0.4 is 0 Å². The van der Waals surface area contributed by atoms with Gasteiger partial charge < -0.3 is 9.47 Å². The molecule has 2 aromatic heterocycles. The van der Waals surface area contributed by atoms with Crippen LogP contribution in [0.25, 0.3) is 0 Å². The fourth-order valence-corrected chi connectivity index (χ4v) is 3.26. The van der Waals surface area contributed by atoms with Crippen molar-refractivity contribution in [1.82, 2.24) is 24.2 Å². The Balaban J connectivity index is 1.73. The van der Waals surface area contributed by atoms with Crippen molar-refractivity contribution in [2.24, 2.45) is 0 Å². The Morgan fingerprint density at radius 2 is 2.23 bits per heavy atom. The first-order valence-electron chi connectivity index (χ1n) is 7.85. The van der Waals surface area contributed by atoms with Crippen molar-refractivity contribution in [3.05, 3.63) is 36.2 Å². The molecule has 0 bridgehead atoms. The summed E-state index contributed by atoms with van der Waals surface area (Å²) in [6.45, 7) is 7.58. The number of likely N-dealkylation sites (tertiary alicyclic amines) is 1. The average molecular weight is 301 g/mol. The molecule has 1 saturated heterocycles. The predicted molar refractivity (Wildman–Crippen MR) is 83.5 cm³/mol. The van der Waals surface area contributed by atoms with Crippen LogP contribution >= 0.6 is 0 Å². The van der Waals surface area contributed by atoms with Gasteiger partial charge in [-0.25, -0.2) is 4.98 Å². The summed E-state index contributed by atoms with van der Waals surface area (Å²) in [6.07, 6.45) is 7.34. The summed E-state index contributed by atoms with van der Waals surface area (Å²) in [5.41, 5.74) is 2.20. The fraction of sp³-hybridized carbons (Fsp3) is 0.562. The van der Waals surface area contributed by atoms with E-state index >= 15 is 0 Å². The molecule has 3 rings (SSSR count). The van der Waals surface area contributed by atoms with Gasteiger partial charge in [0.2, 0.25) is 5.91 Å². The van der Waals surface area contributed by atoms with Crippen molar-refractivity contribution in [1.29, 1.82) is 0 Å². The number of piperidine rings is 1. The SMILES string of the molecule is Cc1cc(C)n([C@H]2CCCN(C(=O)[C@H](C)n3ccnc3)C2)n1. The van der Waals surface area contributed by atoms with Crippen LogP contribution in [0.3, 0.4) is 0 Å². The van der Waals surface area contributed by atoms with Crippen molar-refractivity contribution in [2.75, 3.05) is 13.1 Å². The lowest BCUT2D eigenvalue weighted by atomic mass is 10.0. The second kappa shape index (κ2) is 5.94. The monoisotopic (exact) mass is 301 g/mol. The Hall–Kier alpha value is -2.11. The van der Waals surface area contributed by atoms with Crippen molar-refractivity contribution >= 4 is 5.91 Å². The third kappa shape index (κ3) is 2.77. The zero-order valence-corrected chi connectivity index (χ0v) is 13.4. The molecule has 3 heterocycles. The highest BCUT2D eigenvalue weighted by Gasteiger charge is 2.29. The minimum atomic E-state index is -0.207. The summed E-state index contributed by atoms with van der Waals surface area (Å²) in [5, 5.41) is 4.59. The maximum Gasteiger partial charge on any atom is 0.245 e. The number of hydrogen-bond donors (Lipinski definition) is 0. The van der Waals surface area contributed by atoms with E-state index in [-0.39, 0.29) is 18.0 Å². The topological polar surface area (TPSA) is 56.0 Å². The number of carbonyl (C=O) groups excluding carboxylic acids is 1. The van der Waals surface area contributed by atoms with E-state index in [0.29, 0.717) is 0 Å². The van der Waals surface area contributed by atoms with Crippen molar-refractivity contribution < 1.29 is 4.79 Å². The smallest absolute Gasteiger partial charge is 0.245 e. The van der Waals surface area contributed by atoms with Gasteiger partial charge in [0.05, 0.1) is 18.1 Å². The van der Waals surface area contributed by atoms with Gasteiger partial charge >= 0.3 is 0 Å². The van der Waals surface area contributed by atoms with Crippen molar-refractivity contribution in [3.8, 4) is 0 Å². The van der Waals surface area contributed by atoms with Crippen LogP contribution in [0, 0.1) is 13.8 Å².